The Hall–Kier alpha value is -3.00. The van der Waals surface area contributed by atoms with Crippen LogP contribution in [-0.4, -0.2) is 19.9 Å². The van der Waals surface area contributed by atoms with Crippen LogP contribution in [0, 0.1) is 11.3 Å². The molecule has 1 N–H and O–H groups in total. The molecule has 5 heteroatoms. The monoisotopic (exact) mass is 309 g/mol. The summed E-state index contributed by atoms with van der Waals surface area (Å²) in [4.78, 5) is 0. The van der Waals surface area contributed by atoms with Gasteiger partial charge in [-0.25, -0.2) is 0 Å². The van der Waals surface area contributed by atoms with Gasteiger partial charge in [0.15, 0.2) is 11.5 Å². The van der Waals surface area contributed by atoms with E-state index in [9.17, 15) is 0 Å². The number of nitrogens with one attached hydrogen (secondary N) is 1. The van der Waals surface area contributed by atoms with Gasteiger partial charge in [0.25, 0.3) is 0 Å². The molecule has 0 radical (unpaired) electrons. The van der Waals surface area contributed by atoms with E-state index in [4.69, 9.17) is 14.7 Å². The van der Waals surface area contributed by atoms with Gasteiger partial charge in [0.1, 0.15) is 0 Å². The van der Waals surface area contributed by atoms with Gasteiger partial charge in [-0.3, -0.25) is 5.43 Å². The largest absolute Gasteiger partial charge is 0.493 e. The number of unbranched alkanes of at least 4 members (excludes halogenated alkanes) is 1. The van der Waals surface area contributed by atoms with Crippen molar-refractivity contribution in [2.24, 2.45) is 5.10 Å². The molecule has 0 saturated carbocycles. The number of rotatable bonds is 8. The number of hydrogen-bond donors (Lipinski definition) is 1. The van der Waals surface area contributed by atoms with Crippen LogP contribution in [-0.2, 0) is 0 Å². The fraction of sp³-hybridized carbons (Fsp3) is 0.222. The zero-order chi connectivity index (χ0) is 16.3. The molecule has 5 nitrogen and oxygen atoms in total. The Morgan fingerprint density at radius 2 is 2.00 bits per heavy atom. The van der Waals surface area contributed by atoms with Gasteiger partial charge < -0.3 is 9.47 Å². The molecule has 0 heterocycles. The predicted molar refractivity (Wildman–Crippen MR) is 91.0 cm³/mol. The van der Waals surface area contributed by atoms with Crippen molar-refractivity contribution in [3.05, 3.63) is 54.1 Å². The van der Waals surface area contributed by atoms with E-state index in [0.717, 1.165) is 11.3 Å². The van der Waals surface area contributed by atoms with Crippen LogP contribution in [0.3, 0.4) is 0 Å². The van der Waals surface area contributed by atoms with Gasteiger partial charge in [-0.05, 0) is 42.3 Å². The van der Waals surface area contributed by atoms with Crippen molar-refractivity contribution in [3.63, 3.8) is 0 Å². The van der Waals surface area contributed by atoms with Crippen molar-refractivity contribution >= 4 is 11.9 Å². The summed E-state index contributed by atoms with van der Waals surface area (Å²) in [6.07, 6.45) is 2.88. The third-order valence-corrected chi connectivity index (χ3v) is 3.06. The van der Waals surface area contributed by atoms with Crippen LogP contribution in [0.25, 0.3) is 0 Å². The van der Waals surface area contributed by atoms with Gasteiger partial charge in [0.2, 0.25) is 0 Å². The smallest absolute Gasteiger partial charge is 0.161 e. The molecule has 2 aromatic rings. The Morgan fingerprint density at radius 1 is 1.17 bits per heavy atom. The highest BCUT2D eigenvalue weighted by molar-refractivity contribution is 5.81. The SMILES string of the molecule is COc1ccc(C=NNc2ccccc2)cc1OCCCC#N. The number of hydrazone groups is 1. The van der Waals surface area contributed by atoms with Crippen LogP contribution in [0.5, 0.6) is 11.5 Å². The first-order chi connectivity index (χ1) is 11.3. The minimum Gasteiger partial charge on any atom is -0.493 e. The van der Waals surface area contributed by atoms with E-state index in [0.29, 0.717) is 30.9 Å². The third kappa shape index (κ3) is 5.36. The standard InChI is InChI=1S/C18H19N3O2/c1-22-17-10-9-15(13-18(17)23-12-6-5-11-19)14-20-21-16-7-3-2-4-8-16/h2-4,7-10,13-14,21H,5-6,12H2,1H3. The van der Waals surface area contributed by atoms with Gasteiger partial charge in [0, 0.05) is 6.42 Å². The molecule has 0 aliphatic rings. The first-order valence-electron chi connectivity index (χ1n) is 7.35. The van der Waals surface area contributed by atoms with Crippen LogP contribution in [0.2, 0.25) is 0 Å². The predicted octanol–water partition coefficient (Wildman–Crippen LogP) is 3.82. The maximum atomic E-state index is 8.54. The number of ether oxygens (including phenoxy) is 2. The normalized spacial score (nSPS) is 10.3. The number of nitrogens with zero attached hydrogens (tertiary/aromatic N) is 2. The van der Waals surface area contributed by atoms with Crippen molar-refractivity contribution in [2.75, 3.05) is 19.1 Å². The summed E-state index contributed by atoms with van der Waals surface area (Å²) in [6, 6.07) is 17.4. The summed E-state index contributed by atoms with van der Waals surface area (Å²) in [5.41, 5.74) is 4.78. The van der Waals surface area contributed by atoms with E-state index in [2.05, 4.69) is 16.6 Å². The van der Waals surface area contributed by atoms with Crippen molar-refractivity contribution in [1.82, 2.24) is 0 Å². The molecule has 0 fully saturated rings. The van der Waals surface area contributed by atoms with E-state index in [1.807, 2.05) is 48.5 Å². The minimum atomic E-state index is 0.477. The summed E-state index contributed by atoms with van der Waals surface area (Å²) in [5.74, 6) is 1.31. The first-order valence-corrected chi connectivity index (χ1v) is 7.35. The van der Waals surface area contributed by atoms with Crippen molar-refractivity contribution < 1.29 is 9.47 Å². The van der Waals surface area contributed by atoms with Crippen molar-refractivity contribution in [2.45, 2.75) is 12.8 Å². The van der Waals surface area contributed by atoms with E-state index in [-0.39, 0.29) is 0 Å². The number of methoxy groups -OCH3 is 1. The maximum Gasteiger partial charge on any atom is 0.161 e. The van der Waals surface area contributed by atoms with E-state index in [1.54, 1.807) is 13.3 Å². The van der Waals surface area contributed by atoms with Crippen LogP contribution in [0.4, 0.5) is 5.69 Å². The van der Waals surface area contributed by atoms with E-state index < -0.39 is 0 Å². The van der Waals surface area contributed by atoms with Gasteiger partial charge in [-0.1, -0.05) is 18.2 Å². The second-order valence-corrected chi connectivity index (χ2v) is 4.76. The maximum absolute atomic E-state index is 8.54. The fourth-order valence-electron chi connectivity index (χ4n) is 1.91. The Balaban J connectivity index is 2.00. The molecule has 0 spiro atoms. The number of para-hydroxylation sites is 1. The Kier molecular flexibility index (Phi) is 6.48. The highest BCUT2D eigenvalue weighted by Gasteiger charge is 2.05. The Morgan fingerprint density at radius 3 is 2.74 bits per heavy atom. The Bertz CT molecular complexity index is 678. The molecule has 0 atom stereocenters. The zero-order valence-corrected chi connectivity index (χ0v) is 13.0. The first kappa shape index (κ1) is 16.4. The quantitative estimate of drug-likeness (QED) is 0.457. The third-order valence-electron chi connectivity index (χ3n) is 3.06. The summed E-state index contributed by atoms with van der Waals surface area (Å²) in [7, 11) is 1.60. The van der Waals surface area contributed by atoms with Crippen LogP contribution in [0.15, 0.2) is 53.6 Å². The fourth-order valence-corrected chi connectivity index (χ4v) is 1.91. The molecule has 0 bridgehead atoms. The number of hydrogen-bond acceptors (Lipinski definition) is 5. The highest BCUT2D eigenvalue weighted by Crippen LogP contribution is 2.27. The topological polar surface area (TPSA) is 66.6 Å². The number of benzene rings is 2. The minimum absolute atomic E-state index is 0.477. The average Bonchev–Trinajstić information content (AvgIpc) is 2.60. The summed E-state index contributed by atoms with van der Waals surface area (Å²) in [5, 5.41) is 12.7. The highest BCUT2D eigenvalue weighted by atomic mass is 16.5. The van der Waals surface area contributed by atoms with Crippen LogP contribution >= 0.6 is 0 Å². The number of anilines is 1. The molecule has 23 heavy (non-hydrogen) atoms. The van der Waals surface area contributed by atoms with Crippen LogP contribution < -0.4 is 14.9 Å². The molecule has 0 aliphatic heterocycles. The second-order valence-electron chi connectivity index (χ2n) is 4.76. The van der Waals surface area contributed by atoms with Crippen molar-refractivity contribution in [1.29, 1.82) is 5.26 Å². The molecule has 2 aromatic carbocycles. The lowest BCUT2D eigenvalue weighted by molar-refractivity contribution is 0.291. The molecule has 0 saturated heterocycles. The van der Waals surface area contributed by atoms with Gasteiger partial charge >= 0.3 is 0 Å². The average molecular weight is 309 g/mol. The summed E-state index contributed by atoms with van der Waals surface area (Å²) in [6.45, 7) is 0.479. The van der Waals surface area contributed by atoms with E-state index in [1.165, 1.54) is 0 Å². The molecular formula is C18H19N3O2. The summed E-state index contributed by atoms with van der Waals surface area (Å²) >= 11 is 0. The molecule has 0 amide bonds. The second kappa shape index (κ2) is 9.11. The van der Waals surface area contributed by atoms with Gasteiger partial charge in [-0.2, -0.15) is 10.4 Å². The van der Waals surface area contributed by atoms with Gasteiger partial charge in [0.05, 0.1) is 31.7 Å². The van der Waals surface area contributed by atoms with Gasteiger partial charge in [-0.15, -0.1) is 0 Å². The summed E-state index contributed by atoms with van der Waals surface area (Å²) < 4.78 is 11.0. The van der Waals surface area contributed by atoms with Crippen molar-refractivity contribution in [3.8, 4) is 17.6 Å². The lowest BCUT2D eigenvalue weighted by Crippen LogP contribution is -2.00. The lowest BCUT2D eigenvalue weighted by atomic mass is 10.2. The zero-order valence-electron chi connectivity index (χ0n) is 13.0. The lowest BCUT2D eigenvalue weighted by Gasteiger charge is -2.10. The molecule has 0 aliphatic carbocycles. The van der Waals surface area contributed by atoms with E-state index >= 15 is 0 Å². The molecule has 2 rings (SSSR count). The number of nitriles is 1. The Labute approximate surface area is 136 Å². The van der Waals surface area contributed by atoms with Crippen LogP contribution in [0.1, 0.15) is 18.4 Å². The molecule has 0 unspecified atom stereocenters. The molecule has 0 aromatic heterocycles. The molecule has 118 valence electrons. The molecular weight excluding hydrogens is 290 g/mol.